The Morgan fingerprint density at radius 2 is 2.16 bits per heavy atom. The molecule has 2 rings (SSSR count). The number of morpholine rings is 1. The minimum atomic E-state index is -3.55. The van der Waals surface area contributed by atoms with Gasteiger partial charge in [0, 0.05) is 6.54 Å². The summed E-state index contributed by atoms with van der Waals surface area (Å²) in [4.78, 5) is 0.302. The third-order valence-electron chi connectivity index (χ3n) is 3.12. The molecular formula is C13H16N2O3S. The zero-order chi connectivity index (χ0) is 14.0. The summed E-state index contributed by atoms with van der Waals surface area (Å²) in [5, 5.41) is 8.84. The van der Waals surface area contributed by atoms with Crippen molar-refractivity contribution in [2.75, 3.05) is 19.7 Å². The molecule has 1 aromatic rings. The Morgan fingerprint density at radius 3 is 2.79 bits per heavy atom. The Morgan fingerprint density at radius 1 is 1.42 bits per heavy atom. The standard InChI is InChI=1S/C13H16N2O3S/c1-10-3-4-13(11(2)7-10)19(16,17)15-5-6-18-12(8-14)9-15/h3-4,7,12H,5-6,9H2,1-2H3. The van der Waals surface area contributed by atoms with E-state index in [1.807, 2.05) is 19.1 Å². The van der Waals surface area contributed by atoms with E-state index in [9.17, 15) is 8.42 Å². The van der Waals surface area contributed by atoms with Crippen LogP contribution in [-0.4, -0.2) is 38.5 Å². The average molecular weight is 280 g/mol. The van der Waals surface area contributed by atoms with Crippen molar-refractivity contribution in [3.63, 3.8) is 0 Å². The first-order chi connectivity index (χ1) is 8.95. The van der Waals surface area contributed by atoms with Crippen molar-refractivity contribution in [3.05, 3.63) is 29.3 Å². The van der Waals surface area contributed by atoms with Crippen LogP contribution in [-0.2, 0) is 14.8 Å². The molecule has 0 N–H and O–H groups in total. The molecule has 1 aromatic carbocycles. The number of hydrogen-bond acceptors (Lipinski definition) is 4. The third-order valence-corrected chi connectivity index (χ3v) is 5.15. The van der Waals surface area contributed by atoms with Crippen LogP contribution >= 0.6 is 0 Å². The van der Waals surface area contributed by atoms with Crippen molar-refractivity contribution in [3.8, 4) is 6.07 Å². The first-order valence-electron chi connectivity index (χ1n) is 6.04. The van der Waals surface area contributed by atoms with Crippen LogP contribution in [0, 0.1) is 25.2 Å². The molecule has 1 aliphatic heterocycles. The predicted octanol–water partition coefficient (Wildman–Crippen LogP) is 1.22. The van der Waals surface area contributed by atoms with Crippen LogP contribution in [0.2, 0.25) is 0 Å². The lowest BCUT2D eigenvalue weighted by Crippen LogP contribution is -2.45. The number of benzene rings is 1. The van der Waals surface area contributed by atoms with E-state index in [4.69, 9.17) is 10.00 Å². The second-order valence-corrected chi connectivity index (χ2v) is 6.53. The SMILES string of the molecule is Cc1ccc(S(=O)(=O)N2CCOC(C#N)C2)c(C)c1. The Kier molecular flexibility index (Phi) is 3.90. The first-order valence-corrected chi connectivity index (χ1v) is 7.48. The largest absolute Gasteiger partial charge is 0.361 e. The maximum absolute atomic E-state index is 12.5. The number of hydrogen-bond donors (Lipinski definition) is 0. The highest BCUT2D eigenvalue weighted by Crippen LogP contribution is 2.22. The number of nitrogens with zero attached hydrogens (tertiary/aromatic N) is 2. The van der Waals surface area contributed by atoms with Gasteiger partial charge < -0.3 is 4.74 Å². The van der Waals surface area contributed by atoms with Gasteiger partial charge in [0.2, 0.25) is 10.0 Å². The van der Waals surface area contributed by atoms with Gasteiger partial charge in [-0.1, -0.05) is 17.7 Å². The van der Waals surface area contributed by atoms with Gasteiger partial charge in [-0.3, -0.25) is 0 Å². The molecule has 0 radical (unpaired) electrons. The lowest BCUT2D eigenvalue weighted by Gasteiger charge is -2.29. The van der Waals surface area contributed by atoms with Gasteiger partial charge in [0.1, 0.15) is 0 Å². The van der Waals surface area contributed by atoms with Crippen LogP contribution < -0.4 is 0 Å². The molecule has 0 bridgehead atoms. The van der Waals surface area contributed by atoms with E-state index in [1.54, 1.807) is 19.1 Å². The molecule has 102 valence electrons. The second-order valence-electron chi connectivity index (χ2n) is 4.62. The van der Waals surface area contributed by atoms with E-state index in [0.717, 1.165) is 11.1 Å². The fourth-order valence-corrected chi connectivity index (χ4v) is 3.78. The fourth-order valence-electron chi connectivity index (χ4n) is 2.15. The minimum Gasteiger partial charge on any atom is -0.361 e. The van der Waals surface area contributed by atoms with E-state index in [2.05, 4.69) is 0 Å². The summed E-state index contributed by atoms with van der Waals surface area (Å²) < 4.78 is 31.6. The van der Waals surface area contributed by atoms with Gasteiger partial charge in [0.25, 0.3) is 0 Å². The second kappa shape index (κ2) is 5.29. The predicted molar refractivity (Wildman–Crippen MR) is 70.0 cm³/mol. The maximum atomic E-state index is 12.5. The normalized spacial score (nSPS) is 21.0. The quantitative estimate of drug-likeness (QED) is 0.816. The zero-order valence-corrected chi connectivity index (χ0v) is 11.8. The number of ether oxygens (including phenoxy) is 1. The molecule has 19 heavy (non-hydrogen) atoms. The van der Waals surface area contributed by atoms with Gasteiger partial charge in [0.05, 0.1) is 24.1 Å². The number of rotatable bonds is 2. The van der Waals surface area contributed by atoms with Crippen molar-refractivity contribution in [1.82, 2.24) is 4.31 Å². The highest BCUT2D eigenvalue weighted by molar-refractivity contribution is 7.89. The summed E-state index contributed by atoms with van der Waals surface area (Å²) in [5.74, 6) is 0. The Hall–Kier alpha value is -1.42. The van der Waals surface area contributed by atoms with Crippen molar-refractivity contribution in [1.29, 1.82) is 5.26 Å². The summed E-state index contributed by atoms with van der Waals surface area (Å²) in [5.41, 5.74) is 1.74. The monoisotopic (exact) mass is 280 g/mol. The lowest BCUT2D eigenvalue weighted by molar-refractivity contribution is 0.0311. The highest BCUT2D eigenvalue weighted by Gasteiger charge is 2.31. The van der Waals surface area contributed by atoms with E-state index in [1.165, 1.54) is 4.31 Å². The molecular weight excluding hydrogens is 264 g/mol. The summed E-state index contributed by atoms with van der Waals surface area (Å²) in [6.07, 6.45) is -0.686. The maximum Gasteiger partial charge on any atom is 0.243 e. The van der Waals surface area contributed by atoms with E-state index in [0.29, 0.717) is 4.90 Å². The van der Waals surface area contributed by atoms with Crippen molar-refractivity contribution in [2.45, 2.75) is 24.8 Å². The number of nitriles is 1. The Balaban J connectivity index is 2.34. The average Bonchev–Trinajstić information content (AvgIpc) is 2.38. The molecule has 0 aromatic heterocycles. The molecule has 6 heteroatoms. The van der Waals surface area contributed by atoms with Gasteiger partial charge in [-0.05, 0) is 25.5 Å². The fraction of sp³-hybridized carbons (Fsp3) is 0.462. The third kappa shape index (κ3) is 2.78. The Bertz CT molecular complexity index is 619. The van der Waals surface area contributed by atoms with Crippen LogP contribution in [0.3, 0.4) is 0 Å². The van der Waals surface area contributed by atoms with Crippen LogP contribution in [0.4, 0.5) is 0 Å². The summed E-state index contributed by atoms with van der Waals surface area (Å²) in [6, 6.07) is 7.20. The number of sulfonamides is 1. The van der Waals surface area contributed by atoms with Crippen molar-refractivity contribution in [2.24, 2.45) is 0 Å². The van der Waals surface area contributed by atoms with E-state index >= 15 is 0 Å². The van der Waals surface area contributed by atoms with Gasteiger partial charge in [-0.25, -0.2) is 8.42 Å². The van der Waals surface area contributed by atoms with Crippen LogP contribution in [0.25, 0.3) is 0 Å². The van der Waals surface area contributed by atoms with Gasteiger partial charge in [-0.2, -0.15) is 9.57 Å². The molecule has 0 spiro atoms. The summed E-state index contributed by atoms with van der Waals surface area (Å²) in [7, 11) is -3.55. The minimum absolute atomic E-state index is 0.0894. The van der Waals surface area contributed by atoms with Crippen molar-refractivity contribution < 1.29 is 13.2 Å². The molecule has 1 saturated heterocycles. The summed E-state index contributed by atoms with van der Waals surface area (Å²) in [6.45, 7) is 4.33. The topological polar surface area (TPSA) is 70.4 Å². The zero-order valence-electron chi connectivity index (χ0n) is 11.0. The van der Waals surface area contributed by atoms with E-state index < -0.39 is 16.1 Å². The molecule has 1 unspecified atom stereocenters. The van der Waals surface area contributed by atoms with Gasteiger partial charge in [0.15, 0.2) is 6.10 Å². The lowest BCUT2D eigenvalue weighted by atomic mass is 10.2. The van der Waals surface area contributed by atoms with Crippen LogP contribution in [0.15, 0.2) is 23.1 Å². The molecule has 0 aliphatic carbocycles. The van der Waals surface area contributed by atoms with Gasteiger partial charge >= 0.3 is 0 Å². The van der Waals surface area contributed by atoms with Crippen LogP contribution in [0.1, 0.15) is 11.1 Å². The molecule has 1 aliphatic rings. The first kappa shape index (κ1) is 14.0. The molecule has 0 amide bonds. The molecule has 1 atom stereocenters. The molecule has 0 saturated carbocycles. The molecule has 1 fully saturated rings. The van der Waals surface area contributed by atoms with E-state index in [-0.39, 0.29) is 19.7 Å². The Labute approximate surface area is 113 Å². The molecule has 1 heterocycles. The van der Waals surface area contributed by atoms with Crippen LogP contribution in [0.5, 0.6) is 0 Å². The number of aryl methyl sites for hydroxylation is 2. The highest BCUT2D eigenvalue weighted by atomic mass is 32.2. The smallest absolute Gasteiger partial charge is 0.243 e. The van der Waals surface area contributed by atoms with Gasteiger partial charge in [-0.15, -0.1) is 0 Å². The van der Waals surface area contributed by atoms with Crippen molar-refractivity contribution >= 4 is 10.0 Å². The molecule has 5 nitrogen and oxygen atoms in total. The summed E-state index contributed by atoms with van der Waals surface area (Å²) >= 11 is 0.